The van der Waals surface area contributed by atoms with E-state index >= 15 is 0 Å². The fraction of sp³-hybridized carbons (Fsp3) is 0.333. The van der Waals surface area contributed by atoms with Crippen molar-refractivity contribution in [2.45, 2.75) is 39.4 Å². The SMILES string of the molecule is Cc1cc(C)cc(-n2nnnc2SCC(=O)N(C)Cc2ccc(C)cc2C)c1. The number of carbonyl (C=O) groups is 1. The Bertz CT molecular complexity index is 978. The molecule has 3 aromatic rings. The number of aromatic nitrogens is 4. The van der Waals surface area contributed by atoms with Crippen LogP contribution in [0.25, 0.3) is 5.69 Å². The van der Waals surface area contributed by atoms with Crippen molar-refractivity contribution >= 4 is 17.7 Å². The van der Waals surface area contributed by atoms with Crippen LogP contribution in [-0.4, -0.2) is 43.8 Å². The molecule has 0 spiro atoms. The molecular weight excluding hydrogens is 370 g/mol. The first kappa shape index (κ1) is 20.1. The molecule has 0 saturated carbocycles. The molecule has 3 rings (SSSR count). The molecule has 6 nitrogen and oxygen atoms in total. The lowest BCUT2D eigenvalue weighted by molar-refractivity contribution is -0.127. The first-order chi connectivity index (χ1) is 13.3. The number of amides is 1. The van der Waals surface area contributed by atoms with Crippen LogP contribution in [0.4, 0.5) is 0 Å². The largest absolute Gasteiger partial charge is 0.341 e. The lowest BCUT2D eigenvalue weighted by Crippen LogP contribution is -2.28. The number of benzene rings is 2. The number of nitrogens with zero attached hydrogens (tertiary/aromatic N) is 5. The van der Waals surface area contributed by atoms with Gasteiger partial charge in [-0.25, -0.2) is 0 Å². The first-order valence-corrected chi connectivity index (χ1v) is 10.1. The van der Waals surface area contributed by atoms with Gasteiger partial charge in [0.2, 0.25) is 11.1 Å². The van der Waals surface area contributed by atoms with Gasteiger partial charge in [0, 0.05) is 13.6 Å². The Hall–Kier alpha value is -2.67. The third kappa shape index (κ3) is 4.78. The highest BCUT2D eigenvalue weighted by Crippen LogP contribution is 2.21. The second-order valence-electron chi connectivity index (χ2n) is 7.19. The van der Waals surface area contributed by atoms with Crippen molar-refractivity contribution in [2.24, 2.45) is 0 Å². The lowest BCUT2D eigenvalue weighted by Gasteiger charge is -2.18. The van der Waals surface area contributed by atoms with E-state index in [9.17, 15) is 4.79 Å². The maximum absolute atomic E-state index is 12.6. The summed E-state index contributed by atoms with van der Waals surface area (Å²) in [6.07, 6.45) is 0. The van der Waals surface area contributed by atoms with Gasteiger partial charge in [0.05, 0.1) is 11.4 Å². The second-order valence-corrected chi connectivity index (χ2v) is 8.13. The summed E-state index contributed by atoms with van der Waals surface area (Å²) in [6, 6.07) is 12.5. The number of aryl methyl sites for hydroxylation is 4. The normalized spacial score (nSPS) is 10.9. The summed E-state index contributed by atoms with van der Waals surface area (Å²) in [5, 5.41) is 12.6. The van der Waals surface area contributed by atoms with Gasteiger partial charge >= 0.3 is 0 Å². The van der Waals surface area contributed by atoms with E-state index in [0.29, 0.717) is 11.7 Å². The van der Waals surface area contributed by atoms with E-state index in [1.807, 2.05) is 33.0 Å². The summed E-state index contributed by atoms with van der Waals surface area (Å²) in [7, 11) is 1.83. The number of hydrogen-bond donors (Lipinski definition) is 0. The highest BCUT2D eigenvalue weighted by atomic mass is 32.2. The van der Waals surface area contributed by atoms with E-state index in [1.165, 1.54) is 22.9 Å². The van der Waals surface area contributed by atoms with E-state index in [-0.39, 0.29) is 11.7 Å². The molecule has 0 atom stereocenters. The smallest absolute Gasteiger partial charge is 0.233 e. The van der Waals surface area contributed by atoms with Gasteiger partial charge in [0.25, 0.3) is 0 Å². The van der Waals surface area contributed by atoms with Crippen LogP contribution in [0.2, 0.25) is 0 Å². The molecule has 0 N–H and O–H groups in total. The predicted molar refractivity (Wildman–Crippen MR) is 112 cm³/mol. The minimum absolute atomic E-state index is 0.0416. The molecule has 1 amide bonds. The van der Waals surface area contributed by atoms with Crippen molar-refractivity contribution in [2.75, 3.05) is 12.8 Å². The summed E-state index contributed by atoms with van der Waals surface area (Å²) < 4.78 is 1.68. The van der Waals surface area contributed by atoms with Crippen LogP contribution in [0.5, 0.6) is 0 Å². The molecule has 0 fully saturated rings. The Kier molecular flexibility index (Phi) is 6.14. The van der Waals surface area contributed by atoms with Crippen molar-refractivity contribution in [1.29, 1.82) is 0 Å². The van der Waals surface area contributed by atoms with E-state index in [0.717, 1.165) is 22.4 Å². The fourth-order valence-electron chi connectivity index (χ4n) is 3.11. The minimum Gasteiger partial charge on any atom is -0.341 e. The van der Waals surface area contributed by atoms with Crippen molar-refractivity contribution in [1.82, 2.24) is 25.1 Å². The first-order valence-electron chi connectivity index (χ1n) is 9.13. The van der Waals surface area contributed by atoms with E-state index in [1.54, 1.807) is 9.58 Å². The number of carbonyl (C=O) groups excluding carboxylic acids is 1. The molecule has 0 saturated heterocycles. The third-order valence-corrected chi connectivity index (χ3v) is 5.45. The number of rotatable bonds is 6. The monoisotopic (exact) mass is 395 g/mol. The zero-order valence-corrected chi connectivity index (χ0v) is 17.7. The van der Waals surface area contributed by atoms with Crippen molar-refractivity contribution in [3.8, 4) is 5.69 Å². The second kappa shape index (κ2) is 8.56. The molecule has 146 valence electrons. The molecule has 0 radical (unpaired) electrons. The molecular formula is C21H25N5OS. The van der Waals surface area contributed by atoms with Gasteiger partial charge in [-0.1, -0.05) is 41.6 Å². The van der Waals surface area contributed by atoms with Crippen LogP contribution in [0.15, 0.2) is 41.6 Å². The Morgan fingerprint density at radius 2 is 1.75 bits per heavy atom. The maximum Gasteiger partial charge on any atom is 0.233 e. The van der Waals surface area contributed by atoms with Gasteiger partial charge in [0.15, 0.2) is 0 Å². The minimum atomic E-state index is 0.0416. The van der Waals surface area contributed by atoms with Crippen LogP contribution in [0.3, 0.4) is 0 Å². The fourth-order valence-corrected chi connectivity index (χ4v) is 3.94. The highest BCUT2D eigenvalue weighted by molar-refractivity contribution is 7.99. The number of tetrazole rings is 1. The standard InChI is InChI=1S/C21H25N5OS/c1-14-6-7-18(17(4)9-14)12-25(5)20(27)13-28-21-22-23-24-26(21)19-10-15(2)8-16(3)11-19/h6-11H,12-13H2,1-5H3. The summed E-state index contributed by atoms with van der Waals surface area (Å²) in [6.45, 7) is 8.82. The molecule has 1 heterocycles. The maximum atomic E-state index is 12.6. The Labute approximate surface area is 169 Å². The molecule has 0 aliphatic heterocycles. The molecule has 28 heavy (non-hydrogen) atoms. The number of thioether (sulfide) groups is 1. The molecule has 2 aromatic carbocycles. The van der Waals surface area contributed by atoms with Gasteiger partial charge in [-0.2, -0.15) is 4.68 Å². The Morgan fingerprint density at radius 1 is 1.04 bits per heavy atom. The Morgan fingerprint density at radius 3 is 2.43 bits per heavy atom. The number of hydrogen-bond acceptors (Lipinski definition) is 5. The van der Waals surface area contributed by atoms with Crippen molar-refractivity contribution < 1.29 is 4.79 Å². The van der Waals surface area contributed by atoms with E-state index < -0.39 is 0 Å². The molecule has 1 aromatic heterocycles. The summed E-state index contributed by atoms with van der Waals surface area (Å²) in [5.74, 6) is 0.326. The van der Waals surface area contributed by atoms with Crippen LogP contribution in [-0.2, 0) is 11.3 Å². The summed E-state index contributed by atoms with van der Waals surface area (Å²) in [4.78, 5) is 14.3. The summed E-state index contributed by atoms with van der Waals surface area (Å²) in [5.41, 5.74) is 6.78. The van der Waals surface area contributed by atoms with Gasteiger partial charge in [-0.05, 0) is 72.5 Å². The lowest BCUT2D eigenvalue weighted by atomic mass is 10.1. The zero-order chi connectivity index (χ0) is 20.3. The molecule has 7 heteroatoms. The average Bonchev–Trinajstić information content (AvgIpc) is 3.09. The molecule has 0 aliphatic carbocycles. The topological polar surface area (TPSA) is 63.9 Å². The van der Waals surface area contributed by atoms with Crippen LogP contribution in [0.1, 0.15) is 27.8 Å². The van der Waals surface area contributed by atoms with Crippen molar-refractivity contribution in [3.63, 3.8) is 0 Å². The highest BCUT2D eigenvalue weighted by Gasteiger charge is 2.15. The Balaban J connectivity index is 1.66. The van der Waals surface area contributed by atoms with Gasteiger partial charge in [-0.3, -0.25) is 4.79 Å². The van der Waals surface area contributed by atoms with Crippen molar-refractivity contribution in [3.05, 3.63) is 64.2 Å². The van der Waals surface area contributed by atoms with E-state index in [2.05, 4.69) is 53.6 Å². The van der Waals surface area contributed by atoms with E-state index in [4.69, 9.17) is 0 Å². The van der Waals surface area contributed by atoms with Crippen LogP contribution < -0.4 is 0 Å². The van der Waals surface area contributed by atoms with Gasteiger partial charge < -0.3 is 4.90 Å². The third-order valence-electron chi connectivity index (χ3n) is 4.55. The molecule has 0 bridgehead atoms. The quantitative estimate of drug-likeness (QED) is 0.596. The molecule has 0 aliphatic rings. The average molecular weight is 396 g/mol. The van der Waals surface area contributed by atoms with Crippen LogP contribution >= 0.6 is 11.8 Å². The summed E-state index contributed by atoms with van der Waals surface area (Å²) >= 11 is 1.35. The van der Waals surface area contributed by atoms with Gasteiger partial charge in [0.1, 0.15) is 0 Å². The van der Waals surface area contributed by atoms with Crippen LogP contribution in [0, 0.1) is 27.7 Å². The molecule has 0 unspecified atom stereocenters. The zero-order valence-electron chi connectivity index (χ0n) is 16.9. The predicted octanol–water partition coefficient (Wildman–Crippen LogP) is 3.65. The van der Waals surface area contributed by atoms with Gasteiger partial charge in [-0.15, -0.1) is 5.10 Å².